The molecule has 0 spiro atoms. The van der Waals surface area contributed by atoms with Gasteiger partial charge in [-0.05, 0) is 25.0 Å². The second-order valence-electron chi connectivity index (χ2n) is 5.89. The number of alkyl halides is 3. The van der Waals surface area contributed by atoms with Crippen LogP contribution in [0, 0.1) is 0 Å². The van der Waals surface area contributed by atoms with Crippen LogP contribution in [0.2, 0.25) is 0 Å². The molecule has 3 heterocycles. The van der Waals surface area contributed by atoms with E-state index in [1.165, 1.54) is 12.3 Å². The van der Waals surface area contributed by atoms with Crippen molar-refractivity contribution in [2.75, 3.05) is 6.61 Å². The Morgan fingerprint density at radius 3 is 2.96 bits per heavy atom. The largest absolute Gasteiger partial charge is 0.418 e. The summed E-state index contributed by atoms with van der Waals surface area (Å²) in [5.74, 6) is 0. The van der Waals surface area contributed by atoms with Gasteiger partial charge >= 0.3 is 6.18 Å². The molecule has 2 aromatic rings. The highest BCUT2D eigenvalue weighted by Crippen LogP contribution is 2.31. The summed E-state index contributed by atoms with van der Waals surface area (Å²) in [6.07, 6.45) is 1.80. The van der Waals surface area contributed by atoms with Crippen LogP contribution in [0.1, 0.15) is 35.9 Å². The third kappa shape index (κ3) is 3.76. The summed E-state index contributed by atoms with van der Waals surface area (Å²) in [5.41, 5.74) is 0.302. The van der Waals surface area contributed by atoms with Gasteiger partial charge in [-0.3, -0.25) is 4.98 Å². The molecule has 1 N–H and O–H groups in total. The lowest BCUT2D eigenvalue weighted by molar-refractivity contribution is -0.138. The maximum atomic E-state index is 13.0. The Kier molecular flexibility index (Phi) is 4.86. The molecular weight excluding hydrogens is 321 g/mol. The number of hydrogen-bond acceptors (Lipinski definition) is 4. The minimum absolute atomic E-state index is 0.0218. The fraction of sp³-hybridized carbons (Fsp3) is 0.500. The molecule has 0 aromatic carbocycles. The minimum Gasteiger partial charge on any atom is -0.372 e. The molecule has 1 aliphatic heterocycles. The quantitative estimate of drug-likeness (QED) is 0.930. The van der Waals surface area contributed by atoms with Gasteiger partial charge in [0.1, 0.15) is 6.10 Å². The van der Waals surface area contributed by atoms with E-state index >= 15 is 0 Å². The molecule has 24 heavy (non-hydrogen) atoms. The molecule has 5 nitrogen and oxygen atoms in total. The molecule has 130 valence electrons. The number of rotatable bonds is 4. The smallest absolute Gasteiger partial charge is 0.372 e. The van der Waals surface area contributed by atoms with Crippen molar-refractivity contribution in [1.82, 2.24) is 19.9 Å². The number of pyridine rings is 1. The molecular formula is C16H19F3N4O. The van der Waals surface area contributed by atoms with Crippen LogP contribution in [0.5, 0.6) is 0 Å². The van der Waals surface area contributed by atoms with Gasteiger partial charge in [0, 0.05) is 32.4 Å². The Labute approximate surface area is 137 Å². The monoisotopic (exact) mass is 340 g/mol. The summed E-state index contributed by atoms with van der Waals surface area (Å²) >= 11 is 0. The SMILES string of the molecule is Cn1cncc1[C@@H]1C[C@H](NCc2ncccc2C(F)(F)F)CCO1. The van der Waals surface area contributed by atoms with E-state index in [9.17, 15) is 13.2 Å². The predicted octanol–water partition coefficient (Wildman–Crippen LogP) is 2.84. The van der Waals surface area contributed by atoms with Gasteiger partial charge in [-0.2, -0.15) is 13.2 Å². The summed E-state index contributed by atoms with van der Waals surface area (Å²) in [4.78, 5) is 7.97. The van der Waals surface area contributed by atoms with Crippen LogP contribution >= 0.6 is 0 Å². The van der Waals surface area contributed by atoms with Crippen molar-refractivity contribution in [1.29, 1.82) is 0 Å². The molecule has 1 aliphatic rings. The molecule has 1 saturated heterocycles. The highest BCUT2D eigenvalue weighted by molar-refractivity contribution is 5.23. The maximum absolute atomic E-state index is 13.0. The molecule has 0 bridgehead atoms. The molecule has 8 heteroatoms. The Balaban J connectivity index is 1.64. The van der Waals surface area contributed by atoms with Gasteiger partial charge in [0.25, 0.3) is 0 Å². The number of nitrogens with one attached hydrogen (secondary N) is 1. The Morgan fingerprint density at radius 1 is 1.42 bits per heavy atom. The number of hydrogen-bond donors (Lipinski definition) is 1. The summed E-state index contributed by atoms with van der Waals surface area (Å²) in [6, 6.07) is 2.44. The Bertz CT molecular complexity index is 686. The lowest BCUT2D eigenvalue weighted by Crippen LogP contribution is -2.36. The average Bonchev–Trinajstić information content (AvgIpc) is 2.99. The van der Waals surface area contributed by atoms with E-state index < -0.39 is 11.7 Å². The molecule has 1 fully saturated rings. The molecule has 2 atom stereocenters. The van der Waals surface area contributed by atoms with Crippen LogP contribution in [-0.2, 0) is 24.5 Å². The maximum Gasteiger partial charge on any atom is 0.418 e. The second-order valence-corrected chi connectivity index (χ2v) is 5.89. The number of ether oxygens (including phenoxy) is 1. The van der Waals surface area contributed by atoms with Gasteiger partial charge in [0.05, 0.1) is 29.5 Å². The van der Waals surface area contributed by atoms with Gasteiger partial charge in [-0.15, -0.1) is 0 Å². The van der Waals surface area contributed by atoms with Crippen molar-refractivity contribution >= 4 is 0 Å². The molecule has 0 saturated carbocycles. The Morgan fingerprint density at radius 2 is 2.25 bits per heavy atom. The van der Waals surface area contributed by atoms with Crippen molar-refractivity contribution in [2.45, 2.75) is 37.7 Å². The molecule has 0 unspecified atom stereocenters. The third-order valence-corrected chi connectivity index (χ3v) is 4.22. The van der Waals surface area contributed by atoms with Crippen molar-refractivity contribution in [2.24, 2.45) is 7.05 Å². The van der Waals surface area contributed by atoms with Crippen LogP contribution in [0.4, 0.5) is 13.2 Å². The van der Waals surface area contributed by atoms with Crippen LogP contribution in [-0.4, -0.2) is 27.2 Å². The van der Waals surface area contributed by atoms with Crippen molar-refractivity contribution in [3.05, 3.63) is 47.8 Å². The van der Waals surface area contributed by atoms with E-state index in [1.54, 1.807) is 12.5 Å². The van der Waals surface area contributed by atoms with E-state index in [0.717, 1.165) is 18.2 Å². The number of aromatic nitrogens is 3. The van der Waals surface area contributed by atoms with Crippen LogP contribution in [0.3, 0.4) is 0 Å². The zero-order chi connectivity index (χ0) is 17.2. The number of imidazole rings is 1. The first kappa shape index (κ1) is 16.9. The molecule has 3 rings (SSSR count). The fourth-order valence-corrected chi connectivity index (χ4v) is 2.94. The molecule has 0 amide bonds. The topological polar surface area (TPSA) is 52.0 Å². The highest BCUT2D eigenvalue weighted by atomic mass is 19.4. The minimum atomic E-state index is -4.39. The molecule has 2 aromatic heterocycles. The molecule has 0 radical (unpaired) electrons. The van der Waals surface area contributed by atoms with Crippen LogP contribution in [0.15, 0.2) is 30.9 Å². The van der Waals surface area contributed by atoms with E-state index in [-0.39, 0.29) is 24.4 Å². The first-order valence-electron chi connectivity index (χ1n) is 7.77. The summed E-state index contributed by atoms with van der Waals surface area (Å²) in [5, 5.41) is 3.19. The lowest BCUT2D eigenvalue weighted by Gasteiger charge is -2.30. The van der Waals surface area contributed by atoms with Crippen molar-refractivity contribution in [3.63, 3.8) is 0 Å². The normalized spacial score (nSPS) is 21.8. The summed E-state index contributed by atoms with van der Waals surface area (Å²) in [7, 11) is 1.90. The first-order chi connectivity index (χ1) is 11.4. The number of halogens is 3. The molecule has 0 aliphatic carbocycles. The highest BCUT2D eigenvalue weighted by Gasteiger charge is 2.34. The van der Waals surface area contributed by atoms with E-state index in [4.69, 9.17) is 4.74 Å². The number of nitrogens with zero attached hydrogens (tertiary/aromatic N) is 3. The zero-order valence-electron chi connectivity index (χ0n) is 13.3. The van der Waals surface area contributed by atoms with Crippen LogP contribution in [0.25, 0.3) is 0 Å². The van der Waals surface area contributed by atoms with E-state index in [2.05, 4.69) is 15.3 Å². The summed E-state index contributed by atoms with van der Waals surface area (Å²) < 4.78 is 46.7. The lowest BCUT2D eigenvalue weighted by atomic mass is 10.0. The van der Waals surface area contributed by atoms with Gasteiger partial charge in [-0.25, -0.2) is 4.98 Å². The van der Waals surface area contributed by atoms with E-state index in [0.29, 0.717) is 13.0 Å². The zero-order valence-corrected chi connectivity index (χ0v) is 13.3. The van der Waals surface area contributed by atoms with Gasteiger partial charge < -0.3 is 14.6 Å². The summed E-state index contributed by atoms with van der Waals surface area (Å²) in [6.45, 7) is 0.639. The average molecular weight is 340 g/mol. The van der Waals surface area contributed by atoms with Gasteiger partial charge in [0.2, 0.25) is 0 Å². The Hall–Kier alpha value is -1.93. The third-order valence-electron chi connectivity index (χ3n) is 4.22. The fourth-order valence-electron chi connectivity index (χ4n) is 2.94. The van der Waals surface area contributed by atoms with Crippen molar-refractivity contribution < 1.29 is 17.9 Å². The van der Waals surface area contributed by atoms with Gasteiger partial charge in [0.15, 0.2) is 0 Å². The van der Waals surface area contributed by atoms with Crippen LogP contribution < -0.4 is 5.32 Å². The number of aryl methyl sites for hydroxylation is 1. The van der Waals surface area contributed by atoms with Gasteiger partial charge in [-0.1, -0.05) is 0 Å². The second kappa shape index (κ2) is 6.90. The van der Waals surface area contributed by atoms with Crippen molar-refractivity contribution in [3.8, 4) is 0 Å². The van der Waals surface area contributed by atoms with E-state index in [1.807, 2.05) is 11.6 Å². The predicted molar refractivity (Wildman–Crippen MR) is 81.0 cm³/mol. The first-order valence-corrected chi connectivity index (χ1v) is 7.77. The standard InChI is InChI=1S/C16H19F3N4O/c1-23-10-20-9-14(23)15-7-11(4-6-24-15)22-8-13-12(16(17,18)19)3-2-5-21-13/h2-3,5,9-11,15,22H,4,6-8H2,1H3/t11-,15+/m1/s1.